The third-order valence-corrected chi connectivity index (χ3v) is 6.65. The zero-order valence-corrected chi connectivity index (χ0v) is 18.5. The number of hydrogen-bond acceptors (Lipinski definition) is 7. The first kappa shape index (κ1) is 22.9. The van der Waals surface area contributed by atoms with Crippen LogP contribution in [-0.2, 0) is 10.0 Å². The summed E-state index contributed by atoms with van der Waals surface area (Å²) < 4.78 is 44.2. The summed E-state index contributed by atoms with van der Waals surface area (Å²) in [6.07, 6.45) is -0.0158. The smallest absolute Gasteiger partial charge is 0.412 e. The van der Waals surface area contributed by atoms with Gasteiger partial charge >= 0.3 is 6.09 Å². The molecule has 168 valence electrons. The van der Waals surface area contributed by atoms with Crippen molar-refractivity contribution in [1.82, 2.24) is 14.9 Å². The largest absolute Gasteiger partial charge is 0.497 e. The molecule has 0 aromatic heterocycles. The van der Waals surface area contributed by atoms with Crippen LogP contribution in [-0.4, -0.2) is 65.9 Å². The minimum atomic E-state index is -3.83. The SMILES string of the molecule is COc1ccc(OC)c(S(=O)(=O)N[C@@H]2C[C@H](CNC(=O)Oc3ccccc3)N(C)C2)c1. The van der Waals surface area contributed by atoms with Crippen molar-refractivity contribution in [3.8, 4) is 17.2 Å². The van der Waals surface area contributed by atoms with Gasteiger partial charge in [0.1, 0.15) is 22.1 Å². The number of likely N-dealkylation sites (tertiary alicyclic amines) is 1. The van der Waals surface area contributed by atoms with Gasteiger partial charge in [-0.1, -0.05) is 18.2 Å². The fourth-order valence-electron chi connectivity index (χ4n) is 3.51. The standard InChI is InChI=1S/C21H27N3O6S/c1-24-14-15(11-16(24)13-22-21(25)30-17-7-5-4-6-8-17)23-31(26,27)20-12-18(28-2)9-10-19(20)29-3/h4-10,12,15-16,23H,11,13-14H2,1-3H3,(H,22,25)/t15-,16-/m1/s1. The van der Waals surface area contributed by atoms with Crippen LogP contribution in [0.2, 0.25) is 0 Å². The first-order valence-electron chi connectivity index (χ1n) is 9.77. The Balaban J connectivity index is 1.58. The monoisotopic (exact) mass is 449 g/mol. The van der Waals surface area contributed by atoms with Crippen LogP contribution in [0.1, 0.15) is 6.42 Å². The van der Waals surface area contributed by atoms with Crippen molar-refractivity contribution in [1.29, 1.82) is 0 Å². The molecule has 2 aromatic carbocycles. The molecule has 10 heteroatoms. The van der Waals surface area contributed by atoms with Gasteiger partial charge in [0.2, 0.25) is 10.0 Å². The minimum Gasteiger partial charge on any atom is -0.497 e. The molecule has 2 atom stereocenters. The Kier molecular flexibility index (Phi) is 7.37. The third-order valence-electron chi connectivity index (χ3n) is 5.11. The van der Waals surface area contributed by atoms with Crippen molar-refractivity contribution >= 4 is 16.1 Å². The molecule has 1 aliphatic heterocycles. The molecule has 0 aliphatic carbocycles. The molecule has 2 N–H and O–H groups in total. The van der Waals surface area contributed by atoms with Gasteiger partial charge < -0.3 is 24.4 Å². The molecule has 0 saturated carbocycles. The summed E-state index contributed by atoms with van der Waals surface area (Å²) in [4.78, 5) is 14.0. The van der Waals surface area contributed by atoms with Gasteiger partial charge in [0, 0.05) is 31.2 Å². The average Bonchev–Trinajstić information content (AvgIpc) is 3.10. The second-order valence-corrected chi connectivity index (χ2v) is 8.93. The molecule has 0 radical (unpaired) electrons. The number of rotatable bonds is 8. The second-order valence-electron chi connectivity index (χ2n) is 7.25. The maximum atomic E-state index is 13.0. The van der Waals surface area contributed by atoms with Crippen molar-refractivity contribution in [2.24, 2.45) is 0 Å². The van der Waals surface area contributed by atoms with E-state index < -0.39 is 16.1 Å². The Morgan fingerprint density at radius 1 is 1.10 bits per heavy atom. The number of nitrogens with one attached hydrogen (secondary N) is 2. The lowest BCUT2D eigenvalue weighted by Crippen LogP contribution is -2.39. The number of likely N-dealkylation sites (N-methyl/N-ethyl adjacent to an activating group) is 1. The zero-order chi connectivity index (χ0) is 22.4. The molecule has 1 fully saturated rings. The summed E-state index contributed by atoms with van der Waals surface area (Å²) in [5.41, 5.74) is 0. The third kappa shape index (κ3) is 5.87. The van der Waals surface area contributed by atoms with Crippen molar-refractivity contribution in [3.63, 3.8) is 0 Å². The Morgan fingerprint density at radius 3 is 2.52 bits per heavy atom. The molecule has 2 aromatic rings. The van der Waals surface area contributed by atoms with Gasteiger partial charge in [-0.25, -0.2) is 17.9 Å². The summed E-state index contributed by atoms with van der Waals surface area (Å²) in [6.45, 7) is 0.842. The molecule has 1 heterocycles. The lowest BCUT2D eigenvalue weighted by molar-refractivity contribution is 0.195. The molecule has 31 heavy (non-hydrogen) atoms. The lowest BCUT2D eigenvalue weighted by Gasteiger charge is -2.19. The van der Waals surface area contributed by atoms with E-state index in [0.29, 0.717) is 31.0 Å². The fourth-order valence-corrected chi connectivity index (χ4v) is 4.94. The van der Waals surface area contributed by atoms with Crippen LogP contribution in [0.4, 0.5) is 4.79 Å². The number of para-hydroxylation sites is 1. The van der Waals surface area contributed by atoms with Crippen LogP contribution in [0.5, 0.6) is 17.2 Å². The van der Waals surface area contributed by atoms with Gasteiger partial charge in [-0.3, -0.25) is 0 Å². The summed E-state index contributed by atoms with van der Waals surface area (Å²) in [5.74, 6) is 1.11. The fraction of sp³-hybridized carbons (Fsp3) is 0.381. The van der Waals surface area contributed by atoms with Crippen molar-refractivity contribution in [2.45, 2.75) is 23.4 Å². The number of ether oxygens (including phenoxy) is 3. The summed E-state index contributed by atoms with van der Waals surface area (Å²) in [7, 11) is 0.940. The van der Waals surface area contributed by atoms with E-state index in [0.717, 1.165) is 0 Å². The predicted octanol–water partition coefficient (Wildman–Crippen LogP) is 1.84. The number of nitrogens with zero attached hydrogens (tertiary/aromatic N) is 1. The van der Waals surface area contributed by atoms with Crippen LogP contribution in [0.25, 0.3) is 0 Å². The van der Waals surface area contributed by atoms with E-state index in [4.69, 9.17) is 14.2 Å². The highest BCUT2D eigenvalue weighted by Gasteiger charge is 2.33. The normalized spacial score (nSPS) is 19.1. The van der Waals surface area contributed by atoms with Crippen LogP contribution in [0, 0.1) is 0 Å². The van der Waals surface area contributed by atoms with Crippen LogP contribution in [0.3, 0.4) is 0 Å². The number of methoxy groups -OCH3 is 2. The highest BCUT2D eigenvalue weighted by Crippen LogP contribution is 2.29. The van der Waals surface area contributed by atoms with Gasteiger partial charge in [-0.15, -0.1) is 0 Å². The summed E-state index contributed by atoms with van der Waals surface area (Å²) in [5, 5.41) is 2.74. The second kappa shape index (κ2) is 9.99. The van der Waals surface area contributed by atoms with Crippen LogP contribution >= 0.6 is 0 Å². The first-order valence-corrected chi connectivity index (χ1v) is 11.3. The van der Waals surface area contributed by atoms with Crippen molar-refractivity contribution in [2.75, 3.05) is 34.4 Å². The minimum absolute atomic E-state index is 0.0185. The number of amides is 1. The number of sulfonamides is 1. The topological polar surface area (TPSA) is 106 Å². The van der Waals surface area contributed by atoms with Gasteiger partial charge in [0.05, 0.1) is 14.2 Å². The van der Waals surface area contributed by atoms with Gasteiger partial charge in [-0.2, -0.15) is 0 Å². The van der Waals surface area contributed by atoms with E-state index in [1.165, 1.54) is 20.3 Å². The molecule has 0 spiro atoms. The van der Waals surface area contributed by atoms with Crippen molar-refractivity contribution < 1.29 is 27.4 Å². The van der Waals surface area contributed by atoms with Crippen LogP contribution < -0.4 is 24.2 Å². The first-order chi connectivity index (χ1) is 14.8. The van der Waals surface area contributed by atoms with E-state index in [1.54, 1.807) is 36.4 Å². The van der Waals surface area contributed by atoms with E-state index in [-0.39, 0.29) is 22.7 Å². The Labute approximate surface area is 182 Å². The summed E-state index contributed by atoms with van der Waals surface area (Å²) in [6, 6.07) is 13.0. The van der Waals surface area contributed by atoms with Crippen molar-refractivity contribution in [3.05, 3.63) is 48.5 Å². The highest BCUT2D eigenvalue weighted by molar-refractivity contribution is 7.89. The van der Waals surface area contributed by atoms with Gasteiger partial charge in [0.25, 0.3) is 0 Å². The van der Waals surface area contributed by atoms with E-state index in [1.807, 2.05) is 18.0 Å². The molecule has 0 unspecified atom stereocenters. The number of hydrogen-bond donors (Lipinski definition) is 2. The molecular formula is C21H27N3O6S. The van der Waals surface area contributed by atoms with E-state index in [9.17, 15) is 13.2 Å². The predicted molar refractivity (Wildman–Crippen MR) is 115 cm³/mol. The van der Waals surface area contributed by atoms with E-state index in [2.05, 4.69) is 10.0 Å². The quantitative estimate of drug-likeness (QED) is 0.633. The van der Waals surface area contributed by atoms with Gasteiger partial charge in [-0.05, 0) is 37.7 Å². The zero-order valence-electron chi connectivity index (χ0n) is 17.7. The molecular weight excluding hydrogens is 422 g/mol. The lowest BCUT2D eigenvalue weighted by atomic mass is 10.2. The number of benzene rings is 2. The average molecular weight is 450 g/mol. The number of carbonyl (C=O) groups excluding carboxylic acids is 1. The Hall–Kier alpha value is -2.82. The Bertz CT molecular complexity index is 999. The maximum Gasteiger partial charge on any atom is 0.412 e. The molecule has 1 amide bonds. The highest BCUT2D eigenvalue weighted by atomic mass is 32.2. The Morgan fingerprint density at radius 2 is 1.84 bits per heavy atom. The molecule has 9 nitrogen and oxygen atoms in total. The maximum absolute atomic E-state index is 13.0. The summed E-state index contributed by atoms with van der Waals surface area (Å²) >= 11 is 0. The molecule has 1 aliphatic rings. The molecule has 1 saturated heterocycles. The van der Waals surface area contributed by atoms with Crippen LogP contribution in [0.15, 0.2) is 53.4 Å². The molecule has 0 bridgehead atoms. The number of carbonyl (C=O) groups is 1. The van der Waals surface area contributed by atoms with Gasteiger partial charge in [0.15, 0.2) is 0 Å². The molecule has 3 rings (SSSR count). The van der Waals surface area contributed by atoms with E-state index >= 15 is 0 Å².